The molecule has 1 aromatic carbocycles. The van der Waals surface area contributed by atoms with Crippen molar-refractivity contribution in [1.29, 1.82) is 0 Å². The second-order valence-corrected chi connectivity index (χ2v) is 4.92. The Morgan fingerprint density at radius 3 is 2.81 bits per heavy atom. The second kappa shape index (κ2) is 5.28. The van der Waals surface area contributed by atoms with Crippen LogP contribution in [-0.4, -0.2) is 15.6 Å². The molecule has 2 N–H and O–H groups in total. The van der Waals surface area contributed by atoms with E-state index in [0.29, 0.717) is 5.69 Å². The number of nitrogens with one attached hydrogen (secondary N) is 2. The minimum Gasteiger partial charge on any atom is -0.351 e. The van der Waals surface area contributed by atoms with Crippen LogP contribution in [0.4, 0.5) is 16.2 Å². The molecule has 21 heavy (non-hydrogen) atoms. The van der Waals surface area contributed by atoms with E-state index in [-0.39, 0.29) is 6.03 Å². The van der Waals surface area contributed by atoms with Crippen LogP contribution in [0.1, 0.15) is 5.56 Å². The largest absolute Gasteiger partial charge is 0.351 e. The molecule has 0 radical (unpaired) electrons. The normalized spacial score (nSPS) is 10.6. The molecule has 0 spiro atoms. The summed E-state index contributed by atoms with van der Waals surface area (Å²) in [4.78, 5) is 16.0. The number of pyridine rings is 1. The van der Waals surface area contributed by atoms with E-state index in [0.717, 1.165) is 22.2 Å². The summed E-state index contributed by atoms with van der Waals surface area (Å²) in [5.41, 5.74) is 3.66. The smallest absolute Gasteiger partial charge is 0.323 e. The van der Waals surface area contributed by atoms with Gasteiger partial charge in [0.05, 0.1) is 11.9 Å². The summed E-state index contributed by atoms with van der Waals surface area (Å²) in [5, 5.41) is 6.76. The first-order valence-electron chi connectivity index (χ1n) is 6.68. The number of benzene rings is 1. The van der Waals surface area contributed by atoms with Crippen molar-refractivity contribution in [3.63, 3.8) is 0 Å². The number of amides is 2. The zero-order valence-corrected chi connectivity index (χ0v) is 11.9. The zero-order valence-electron chi connectivity index (χ0n) is 11.9. The number of carbonyl (C=O) groups excluding carboxylic acids is 1. The fourth-order valence-electron chi connectivity index (χ4n) is 2.36. The van der Waals surface area contributed by atoms with Gasteiger partial charge in [-0.25, -0.2) is 4.79 Å². The van der Waals surface area contributed by atoms with E-state index >= 15 is 0 Å². The number of anilines is 2. The number of hydrogen-bond donors (Lipinski definition) is 2. The molecule has 5 heteroatoms. The Hall–Kier alpha value is -2.82. The Labute approximate surface area is 122 Å². The number of hydrogen-bond acceptors (Lipinski definition) is 2. The highest BCUT2D eigenvalue weighted by molar-refractivity contribution is 6.02. The number of fused-ring (bicyclic) bond motifs is 1. The molecule has 0 saturated carbocycles. The summed E-state index contributed by atoms with van der Waals surface area (Å²) in [6, 6.07) is 9.26. The molecule has 0 aliphatic heterocycles. The van der Waals surface area contributed by atoms with Gasteiger partial charge in [-0.1, -0.05) is 0 Å². The third kappa shape index (κ3) is 2.58. The summed E-state index contributed by atoms with van der Waals surface area (Å²) in [5.74, 6) is 0. The minimum atomic E-state index is -0.276. The summed E-state index contributed by atoms with van der Waals surface area (Å²) >= 11 is 0. The van der Waals surface area contributed by atoms with Gasteiger partial charge in [-0.15, -0.1) is 0 Å². The zero-order chi connectivity index (χ0) is 14.8. The molecule has 2 amide bonds. The van der Waals surface area contributed by atoms with Crippen molar-refractivity contribution in [2.75, 3.05) is 10.6 Å². The van der Waals surface area contributed by atoms with Crippen molar-refractivity contribution in [2.45, 2.75) is 6.92 Å². The van der Waals surface area contributed by atoms with Crippen molar-refractivity contribution < 1.29 is 4.79 Å². The molecule has 0 saturated heterocycles. The molecule has 5 nitrogen and oxygen atoms in total. The highest BCUT2D eigenvalue weighted by atomic mass is 16.2. The van der Waals surface area contributed by atoms with E-state index in [1.165, 1.54) is 0 Å². The summed E-state index contributed by atoms with van der Waals surface area (Å²) < 4.78 is 2.06. The first kappa shape index (κ1) is 13.2. The van der Waals surface area contributed by atoms with Crippen LogP contribution in [-0.2, 0) is 7.05 Å². The molecule has 3 rings (SSSR count). The minimum absolute atomic E-state index is 0.276. The van der Waals surface area contributed by atoms with Crippen molar-refractivity contribution in [1.82, 2.24) is 9.55 Å². The van der Waals surface area contributed by atoms with Crippen LogP contribution >= 0.6 is 0 Å². The maximum Gasteiger partial charge on any atom is 0.323 e. The lowest BCUT2D eigenvalue weighted by atomic mass is 10.1. The first-order valence-corrected chi connectivity index (χ1v) is 6.68. The number of urea groups is 1. The molecular weight excluding hydrogens is 264 g/mol. The molecule has 0 unspecified atom stereocenters. The van der Waals surface area contributed by atoms with Gasteiger partial charge < -0.3 is 15.2 Å². The van der Waals surface area contributed by atoms with Gasteiger partial charge in [0, 0.05) is 36.0 Å². The number of rotatable bonds is 2. The van der Waals surface area contributed by atoms with Crippen molar-refractivity contribution >= 4 is 28.3 Å². The summed E-state index contributed by atoms with van der Waals surface area (Å²) in [6.07, 6.45) is 5.28. The van der Waals surface area contributed by atoms with Crippen LogP contribution in [0.25, 0.3) is 10.9 Å². The average Bonchev–Trinajstić information content (AvgIpc) is 2.85. The lowest BCUT2D eigenvalue weighted by molar-refractivity contribution is 0.262. The van der Waals surface area contributed by atoms with E-state index in [1.54, 1.807) is 24.5 Å². The monoisotopic (exact) mass is 280 g/mol. The predicted molar refractivity (Wildman–Crippen MR) is 84.5 cm³/mol. The molecule has 3 aromatic rings. The van der Waals surface area contributed by atoms with Crippen molar-refractivity contribution in [2.24, 2.45) is 7.05 Å². The standard InChI is InChI=1S/C16H16N4O/c1-11-13-7-9-20(2)15(13)6-5-14(11)19-16(21)18-12-4-3-8-17-10-12/h3-10H,1-2H3,(H2,18,19,21). The summed E-state index contributed by atoms with van der Waals surface area (Å²) in [6.45, 7) is 2.00. The van der Waals surface area contributed by atoms with Gasteiger partial charge in [-0.3, -0.25) is 4.98 Å². The van der Waals surface area contributed by atoms with E-state index in [9.17, 15) is 4.79 Å². The molecule has 0 bridgehead atoms. The molecule has 106 valence electrons. The van der Waals surface area contributed by atoms with E-state index in [1.807, 2.05) is 32.3 Å². The Balaban J connectivity index is 1.81. The van der Waals surface area contributed by atoms with Gasteiger partial charge >= 0.3 is 6.03 Å². The molecule has 2 heterocycles. The van der Waals surface area contributed by atoms with Crippen LogP contribution in [0, 0.1) is 6.92 Å². The van der Waals surface area contributed by atoms with Crippen LogP contribution in [0.3, 0.4) is 0 Å². The van der Waals surface area contributed by atoms with E-state index in [4.69, 9.17) is 0 Å². The fourth-order valence-corrected chi connectivity index (χ4v) is 2.36. The molecule has 0 aliphatic rings. The topological polar surface area (TPSA) is 59.0 Å². The number of aryl methyl sites for hydroxylation is 2. The number of aromatic nitrogens is 2. The van der Waals surface area contributed by atoms with Gasteiger partial charge in [-0.05, 0) is 42.8 Å². The number of nitrogens with zero attached hydrogens (tertiary/aromatic N) is 2. The van der Waals surface area contributed by atoms with Gasteiger partial charge in [0.15, 0.2) is 0 Å². The Morgan fingerprint density at radius 1 is 1.19 bits per heavy atom. The maximum absolute atomic E-state index is 12.0. The SMILES string of the molecule is Cc1c(NC(=O)Nc2cccnc2)ccc2c1ccn2C. The van der Waals surface area contributed by atoms with Gasteiger partial charge in [0.2, 0.25) is 0 Å². The Bertz CT molecular complexity index is 793. The maximum atomic E-state index is 12.0. The van der Waals surface area contributed by atoms with Crippen molar-refractivity contribution in [3.05, 3.63) is 54.5 Å². The number of carbonyl (C=O) groups is 1. The molecule has 0 aliphatic carbocycles. The summed E-state index contributed by atoms with van der Waals surface area (Å²) in [7, 11) is 2.00. The van der Waals surface area contributed by atoms with Crippen LogP contribution in [0.2, 0.25) is 0 Å². The van der Waals surface area contributed by atoms with E-state index in [2.05, 4.69) is 26.3 Å². The Morgan fingerprint density at radius 2 is 2.05 bits per heavy atom. The fraction of sp³-hybridized carbons (Fsp3) is 0.125. The molecular formula is C16H16N4O. The third-order valence-electron chi connectivity index (χ3n) is 3.50. The first-order chi connectivity index (χ1) is 10.1. The second-order valence-electron chi connectivity index (χ2n) is 4.92. The quantitative estimate of drug-likeness (QED) is 0.754. The van der Waals surface area contributed by atoms with Gasteiger partial charge in [0.25, 0.3) is 0 Å². The Kier molecular flexibility index (Phi) is 3.31. The molecule has 0 fully saturated rings. The highest BCUT2D eigenvalue weighted by Gasteiger charge is 2.09. The van der Waals surface area contributed by atoms with Crippen LogP contribution in [0.5, 0.6) is 0 Å². The lowest BCUT2D eigenvalue weighted by Gasteiger charge is -2.11. The molecule has 2 aromatic heterocycles. The highest BCUT2D eigenvalue weighted by Crippen LogP contribution is 2.26. The van der Waals surface area contributed by atoms with Gasteiger partial charge in [-0.2, -0.15) is 0 Å². The van der Waals surface area contributed by atoms with Crippen LogP contribution < -0.4 is 10.6 Å². The van der Waals surface area contributed by atoms with Crippen molar-refractivity contribution in [3.8, 4) is 0 Å². The predicted octanol–water partition coefficient (Wildman–Crippen LogP) is 3.53. The lowest BCUT2D eigenvalue weighted by Crippen LogP contribution is -2.20. The van der Waals surface area contributed by atoms with Gasteiger partial charge in [0.1, 0.15) is 0 Å². The van der Waals surface area contributed by atoms with E-state index < -0.39 is 0 Å². The average molecular weight is 280 g/mol. The third-order valence-corrected chi connectivity index (χ3v) is 3.50. The molecule has 0 atom stereocenters. The van der Waals surface area contributed by atoms with Crippen LogP contribution in [0.15, 0.2) is 48.9 Å².